The van der Waals surface area contributed by atoms with E-state index in [1.807, 2.05) is 45.0 Å². The number of aryl methyl sites for hydroxylation is 1. The number of amides is 6. The number of nitrogens with one attached hydrogen (secondary N) is 5. The van der Waals surface area contributed by atoms with Crippen molar-refractivity contribution >= 4 is 86.6 Å². The van der Waals surface area contributed by atoms with Crippen LogP contribution in [0.2, 0.25) is 5.02 Å². The van der Waals surface area contributed by atoms with E-state index in [9.17, 15) is 66.3 Å². The van der Waals surface area contributed by atoms with Crippen LogP contribution >= 0.6 is 11.6 Å². The Hall–Kier alpha value is -7.45. The lowest BCUT2D eigenvalue weighted by Gasteiger charge is -2.29. The van der Waals surface area contributed by atoms with Gasteiger partial charge in [0.15, 0.2) is 11.9 Å². The molecular formula is C72H107ClN6O23S. The average molecular weight is 1490 g/mol. The number of hydrogen-bond acceptors (Lipinski definition) is 21. The Morgan fingerprint density at radius 1 is 0.757 bits per heavy atom. The summed E-state index contributed by atoms with van der Waals surface area (Å²) in [4.78, 5) is 148. The summed E-state index contributed by atoms with van der Waals surface area (Å²) in [5, 5.41) is 23.1. The zero-order valence-corrected chi connectivity index (χ0v) is 62.3. The fourth-order valence-corrected chi connectivity index (χ4v) is 11.7. The number of unbranched alkanes of at least 4 members (excludes halogenated alkanes) is 1. The maximum Gasteiger partial charge on any atom is 0.347 e. The first-order valence-corrected chi connectivity index (χ1v) is 37.1. The molecule has 4 rings (SSSR count). The predicted octanol–water partition coefficient (Wildman–Crippen LogP) is 5.19. The van der Waals surface area contributed by atoms with Crippen molar-refractivity contribution in [2.75, 3.05) is 98.9 Å². The van der Waals surface area contributed by atoms with E-state index in [0.29, 0.717) is 81.8 Å². The summed E-state index contributed by atoms with van der Waals surface area (Å²) < 4.78 is 75.9. The van der Waals surface area contributed by atoms with Crippen molar-refractivity contribution in [2.45, 2.75) is 175 Å². The maximum absolute atomic E-state index is 14.4. The second kappa shape index (κ2) is 45.7. The molecule has 6 amide bonds. The van der Waals surface area contributed by atoms with Crippen molar-refractivity contribution in [2.24, 2.45) is 29.1 Å². The molecule has 2 aliphatic rings. The van der Waals surface area contributed by atoms with E-state index in [4.69, 9.17) is 54.0 Å². The number of rotatable bonds is 46. The quantitative estimate of drug-likeness (QED) is 0.0194. The standard InChI is InChI=1S/C72H107ClN6O23S/c1-46(2)41-59-70(90)100-57(14-12-15-62(84)77-54(43-50-19-23-58(96-9)53(73)42-50)69(89)76-45-72(6,7)71(91)101-59)48(5)67-68(102-67)51-20-16-49(17-21-51)18-22-55(80)52(13-10-11-29-74-61(83)28-33-97-36-37-99-39-38-98-35-34-95-8)44-56(81)66(47(3)4)78-63(85)26-31-79(32-27-65(87)88)64(86)25-24-60(82)75-30-40-103(92,93)94/h12,15-17,19-21,23,42,46-48,52,54,57,59,66-68H,10-11,13-14,18,22,24-41,43-45H2,1-9H3,(H,74,83)(H,75,82)(H,76,89)(H,77,84)(H,78,85)(H,87,88)(H,92,93,94)/b15-12+/t48-,52+,54+,57-,59-,66-,67+,68+/m0/s1. The Morgan fingerprint density at radius 2 is 1.40 bits per heavy atom. The van der Waals surface area contributed by atoms with Gasteiger partial charge in [-0.1, -0.05) is 89.0 Å². The van der Waals surface area contributed by atoms with Gasteiger partial charge >= 0.3 is 17.9 Å². The van der Waals surface area contributed by atoms with Gasteiger partial charge in [0, 0.05) is 103 Å². The molecule has 0 radical (unpaired) electrons. The van der Waals surface area contributed by atoms with Crippen LogP contribution in [0.15, 0.2) is 54.6 Å². The number of hydrogen-bond donors (Lipinski definition) is 7. The molecule has 0 unspecified atom stereocenters. The molecule has 0 aromatic heterocycles. The van der Waals surface area contributed by atoms with Crippen molar-refractivity contribution in [3.63, 3.8) is 0 Å². The first kappa shape index (κ1) is 88.0. The predicted molar refractivity (Wildman–Crippen MR) is 378 cm³/mol. The van der Waals surface area contributed by atoms with Gasteiger partial charge < -0.3 is 74.5 Å². The van der Waals surface area contributed by atoms with Gasteiger partial charge in [-0.05, 0) is 86.3 Å². The molecule has 2 aromatic carbocycles. The van der Waals surface area contributed by atoms with E-state index < -0.39 is 155 Å². The van der Waals surface area contributed by atoms with Crippen molar-refractivity contribution in [1.82, 2.24) is 31.5 Å². The fourth-order valence-electron chi connectivity index (χ4n) is 11.1. The molecular weight excluding hydrogens is 1380 g/mol. The molecule has 2 aliphatic heterocycles. The number of carboxylic acids is 1. The highest BCUT2D eigenvalue weighted by atomic mass is 35.5. The average Bonchev–Trinajstić information content (AvgIpc) is 1.63. The highest BCUT2D eigenvalue weighted by molar-refractivity contribution is 7.85. The molecule has 31 heteroatoms. The Kier molecular flexibility index (Phi) is 39.0. The lowest BCUT2D eigenvalue weighted by atomic mass is 9.85. The number of Topliss-reactive ketones (excluding diaryl/α,β-unsaturated/α-hetero) is 2. The number of carboxylic acid groups (broad SMARTS) is 1. The molecule has 2 aromatic rings. The van der Waals surface area contributed by atoms with Crippen molar-refractivity contribution in [3.05, 3.63) is 76.3 Å². The zero-order chi connectivity index (χ0) is 76.2. The number of methoxy groups -OCH3 is 2. The van der Waals surface area contributed by atoms with Gasteiger partial charge in [-0.2, -0.15) is 8.42 Å². The highest BCUT2D eigenvalue weighted by Gasteiger charge is 2.48. The second-order valence-electron chi connectivity index (χ2n) is 27.1. The number of carbonyl (C=O) groups is 11. The minimum absolute atomic E-state index is 0.0387. The zero-order valence-electron chi connectivity index (χ0n) is 60.8. The lowest BCUT2D eigenvalue weighted by molar-refractivity contribution is -0.179. The molecule has 29 nitrogen and oxygen atoms in total. The maximum atomic E-state index is 14.4. The van der Waals surface area contributed by atoms with Crippen LogP contribution in [0.5, 0.6) is 5.75 Å². The number of epoxide rings is 1. The van der Waals surface area contributed by atoms with Crippen LogP contribution in [-0.2, 0) is 109 Å². The Labute approximate surface area is 609 Å². The third kappa shape index (κ3) is 34.3. The van der Waals surface area contributed by atoms with E-state index in [1.165, 1.54) is 13.2 Å². The molecule has 0 spiro atoms. The monoisotopic (exact) mass is 1490 g/mol. The Bertz CT molecular complexity index is 3260. The van der Waals surface area contributed by atoms with Gasteiger partial charge in [-0.15, -0.1) is 0 Å². The number of benzene rings is 2. The Balaban J connectivity index is 1.46. The van der Waals surface area contributed by atoms with Crippen molar-refractivity contribution in [3.8, 4) is 5.75 Å². The number of nitrogens with zero attached hydrogens (tertiary/aromatic N) is 1. The van der Waals surface area contributed by atoms with Gasteiger partial charge in [0.1, 0.15) is 29.8 Å². The van der Waals surface area contributed by atoms with Gasteiger partial charge in [-0.3, -0.25) is 52.5 Å². The molecule has 8 atom stereocenters. The first-order valence-electron chi connectivity index (χ1n) is 35.1. The van der Waals surface area contributed by atoms with Crippen LogP contribution in [0, 0.1) is 29.1 Å². The van der Waals surface area contributed by atoms with Crippen molar-refractivity contribution in [1.29, 1.82) is 0 Å². The molecule has 1 saturated heterocycles. The van der Waals surface area contributed by atoms with E-state index in [0.717, 1.165) is 16.0 Å². The van der Waals surface area contributed by atoms with E-state index in [-0.39, 0.29) is 95.2 Å². The molecule has 7 N–H and O–H groups in total. The number of halogens is 1. The number of ketones is 2. The summed E-state index contributed by atoms with van der Waals surface area (Å²) in [6.07, 6.45) is -0.274. The van der Waals surface area contributed by atoms with Crippen molar-refractivity contribution < 1.29 is 109 Å². The van der Waals surface area contributed by atoms with E-state index in [2.05, 4.69) is 26.6 Å². The second-order valence-corrected chi connectivity index (χ2v) is 29.0. The SMILES string of the molecule is COCCOCCOCCOCCC(=O)NCCCC[C@H](CC(=O)[C@@H](NC(=O)CCN(CCC(=O)O)C(=O)CCC(=O)NCCS(=O)(=O)O)C(C)C)C(=O)CCc1ccc([C@H]2O[C@@H]2[C@@H](C)[C@@H]2C/C=C/C(=O)N[C@H](Cc3ccc(OC)c(Cl)c3)C(=O)NCC(C)(C)C(=O)O[C@@H](CC(C)C)C(=O)O2)cc1. The minimum Gasteiger partial charge on any atom is -0.495 e. The highest BCUT2D eigenvalue weighted by Crippen LogP contribution is 2.45. The summed E-state index contributed by atoms with van der Waals surface area (Å²) in [5.74, 6) is -8.93. The summed E-state index contributed by atoms with van der Waals surface area (Å²) in [7, 11) is -1.29. The largest absolute Gasteiger partial charge is 0.495 e. The van der Waals surface area contributed by atoms with Gasteiger partial charge in [0.25, 0.3) is 10.1 Å². The molecule has 1 fully saturated rings. The van der Waals surface area contributed by atoms with Gasteiger partial charge in [0.2, 0.25) is 35.4 Å². The summed E-state index contributed by atoms with van der Waals surface area (Å²) >= 11 is 6.41. The van der Waals surface area contributed by atoms with Crippen LogP contribution in [-0.4, -0.2) is 217 Å². The van der Waals surface area contributed by atoms with Crippen LogP contribution in [0.3, 0.4) is 0 Å². The first-order chi connectivity index (χ1) is 48.8. The molecule has 103 heavy (non-hydrogen) atoms. The van der Waals surface area contributed by atoms with Crippen LogP contribution in [0.4, 0.5) is 0 Å². The molecule has 0 aliphatic carbocycles. The third-order valence-electron chi connectivity index (χ3n) is 17.2. The third-order valence-corrected chi connectivity index (χ3v) is 18.3. The fraction of sp³-hybridized carbons (Fsp3) is 0.653. The van der Waals surface area contributed by atoms with Crippen LogP contribution in [0.25, 0.3) is 0 Å². The number of cyclic esters (lactones) is 2. The van der Waals surface area contributed by atoms with E-state index >= 15 is 0 Å². The smallest absolute Gasteiger partial charge is 0.347 e. The molecule has 2 heterocycles. The number of esters is 2. The van der Waals surface area contributed by atoms with Gasteiger partial charge in [0.05, 0.1) is 88.1 Å². The molecule has 0 bridgehead atoms. The number of aliphatic carboxylic acids is 1. The normalized spacial score (nSPS) is 19.2. The number of ether oxygens (including phenoxy) is 8. The van der Waals surface area contributed by atoms with Crippen LogP contribution in [0.1, 0.15) is 148 Å². The molecule has 576 valence electrons. The topological polar surface area (TPSA) is 403 Å². The summed E-state index contributed by atoms with van der Waals surface area (Å²) in [6, 6.07) is 10.3. The summed E-state index contributed by atoms with van der Waals surface area (Å²) in [6.45, 7) is 13.8. The lowest BCUT2D eigenvalue weighted by Crippen LogP contribution is -2.51. The summed E-state index contributed by atoms with van der Waals surface area (Å²) in [5.41, 5.74) is 0.898. The minimum atomic E-state index is -4.35. The molecule has 0 saturated carbocycles. The van der Waals surface area contributed by atoms with Gasteiger partial charge in [-0.25, -0.2) is 4.79 Å². The van der Waals surface area contributed by atoms with Crippen LogP contribution < -0.4 is 31.3 Å². The van der Waals surface area contributed by atoms with E-state index in [1.54, 1.807) is 59.1 Å². The number of carbonyl (C=O) groups excluding carboxylic acids is 10. The Morgan fingerprint density at radius 3 is 2.03 bits per heavy atom.